The number of hydrogen-bond acceptors (Lipinski definition) is 3. The average molecular weight is 286 g/mol. The van der Waals surface area contributed by atoms with Gasteiger partial charge in [-0.1, -0.05) is 30.3 Å². The van der Waals surface area contributed by atoms with Crippen molar-refractivity contribution in [3.63, 3.8) is 0 Å². The molecule has 1 amide bonds. The molecule has 1 rings (SSSR count). The molecule has 106 valence electrons. The fraction of sp³-hybridized carbons (Fsp3) is 0.417. The summed E-state index contributed by atoms with van der Waals surface area (Å²) >= 11 is 0. The van der Waals surface area contributed by atoms with Crippen LogP contribution in [0.4, 0.5) is 4.79 Å². The van der Waals surface area contributed by atoms with Crippen molar-refractivity contribution in [3.05, 3.63) is 35.9 Å². The molecule has 1 aromatic carbocycles. The number of amides is 1. The zero-order chi connectivity index (χ0) is 14.5. The SMILES string of the molecule is CN(C(=O)O)[C@@H](CNS(C)(=O)=O)Cc1ccccc1. The second kappa shape index (κ2) is 6.53. The van der Waals surface area contributed by atoms with Crippen molar-refractivity contribution in [2.75, 3.05) is 19.8 Å². The minimum Gasteiger partial charge on any atom is -0.465 e. The minimum atomic E-state index is -3.34. The van der Waals surface area contributed by atoms with Crippen molar-refractivity contribution >= 4 is 16.1 Å². The Labute approximate surface area is 113 Å². The fourth-order valence-electron chi connectivity index (χ4n) is 1.64. The van der Waals surface area contributed by atoms with E-state index in [0.29, 0.717) is 6.42 Å². The van der Waals surface area contributed by atoms with Crippen LogP contribution in [0.15, 0.2) is 30.3 Å². The van der Waals surface area contributed by atoms with Gasteiger partial charge in [0.2, 0.25) is 10.0 Å². The summed E-state index contributed by atoms with van der Waals surface area (Å²) in [6.45, 7) is 0.0521. The van der Waals surface area contributed by atoms with Gasteiger partial charge in [0.1, 0.15) is 0 Å². The molecule has 0 saturated carbocycles. The predicted molar refractivity (Wildman–Crippen MR) is 72.6 cm³/mol. The Morgan fingerprint density at radius 1 is 1.37 bits per heavy atom. The van der Waals surface area contributed by atoms with Gasteiger partial charge >= 0.3 is 6.09 Å². The third-order valence-corrected chi connectivity index (χ3v) is 3.44. The van der Waals surface area contributed by atoms with Gasteiger partial charge in [-0.2, -0.15) is 0 Å². The van der Waals surface area contributed by atoms with Crippen LogP contribution >= 0.6 is 0 Å². The van der Waals surface area contributed by atoms with Crippen molar-refractivity contribution in [2.24, 2.45) is 0 Å². The monoisotopic (exact) mass is 286 g/mol. The molecule has 0 unspecified atom stereocenters. The zero-order valence-corrected chi connectivity index (χ0v) is 11.7. The molecule has 0 radical (unpaired) electrons. The van der Waals surface area contributed by atoms with Crippen LogP contribution in [0.2, 0.25) is 0 Å². The summed E-state index contributed by atoms with van der Waals surface area (Å²) < 4.78 is 24.6. The molecule has 0 bridgehead atoms. The summed E-state index contributed by atoms with van der Waals surface area (Å²) in [5, 5.41) is 9.01. The zero-order valence-electron chi connectivity index (χ0n) is 10.9. The van der Waals surface area contributed by atoms with Crippen LogP contribution in [0, 0.1) is 0 Å². The number of carboxylic acid groups (broad SMARTS) is 1. The average Bonchev–Trinajstić information content (AvgIpc) is 2.33. The number of carbonyl (C=O) groups is 1. The van der Waals surface area contributed by atoms with Crippen molar-refractivity contribution in [3.8, 4) is 0 Å². The first kappa shape index (κ1) is 15.5. The summed E-state index contributed by atoms with van der Waals surface area (Å²) in [7, 11) is -1.91. The lowest BCUT2D eigenvalue weighted by Gasteiger charge is -2.25. The molecular formula is C12H18N2O4S. The minimum absolute atomic E-state index is 0.0521. The number of benzene rings is 1. The van der Waals surface area contributed by atoms with Gasteiger partial charge in [0.05, 0.1) is 12.3 Å². The molecule has 7 heteroatoms. The summed E-state index contributed by atoms with van der Waals surface area (Å²) in [5.74, 6) is 0. The Morgan fingerprint density at radius 2 is 1.95 bits per heavy atom. The van der Waals surface area contributed by atoms with E-state index in [1.54, 1.807) is 0 Å². The number of rotatable bonds is 6. The lowest BCUT2D eigenvalue weighted by molar-refractivity contribution is 0.138. The molecule has 0 fully saturated rings. The Kier molecular flexibility index (Phi) is 5.31. The molecule has 0 spiro atoms. The van der Waals surface area contributed by atoms with Gasteiger partial charge in [-0.25, -0.2) is 17.9 Å². The van der Waals surface area contributed by atoms with E-state index in [1.165, 1.54) is 7.05 Å². The molecule has 19 heavy (non-hydrogen) atoms. The summed E-state index contributed by atoms with van der Waals surface area (Å²) in [4.78, 5) is 12.1. The first-order chi connectivity index (χ1) is 8.79. The van der Waals surface area contributed by atoms with Gasteiger partial charge in [0.15, 0.2) is 0 Å². The fourth-order valence-corrected chi connectivity index (χ4v) is 2.13. The number of nitrogens with zero attached hydrogens (tertiary/aromatic N) is 1. The maximum absolute atomic E-state index is 11.1. The van der Waals surface area contributed by atoms with Gasteiger partial charge < -0.3 is 10.0 Å². The standard InChI is InChI=1S/C12H18N2O4S/c1-14(12(15)16)11(9-13-19(2,17)18)8-10-6-4-3-5-7-10/h3-7,11,13H,8-9H2,1-2H3,(H,15,16)/t11-/m1/s1. The second-order valence-corrected chi connectivity index (χ2v) is 6.19. The highest BCUT2D eigenvalue weighted by Gasteiger charge is 2.20. The van der Waals surface area contributed by atoms with Crippen molar-refractivity contribution < 1.29 is 18.3 Å². The predicted octanol–water partition coefficient (Wildman–Crippen LogP) is 0.757. The third-order valence-electron chi connectivity index (χ3n) is 2.74. The normalized spacial score (nSPS) is 12.9. The number of likely N-dealkylation sites (N-methyl/N-ethyl adjacent to an activating group) is 1. The first-order valence-corrected chi connectivity index (χ1v) is 7.63. The molecule has 0 heterocycles. The topological polar surface area (TPSA) is 86.7 Å². The summed E-state index contributed by atoms with van der Waals surface area (Å²) in [5.41, 5.74) is 0.955. The van der Waals surface area contributed by atoms with E-state index in [1.807, 2.05) is 30.3 Å². The van der Waals surface area contributed by atoms with Crippen molar-refractivity contribution in [1.82, 2.24) is 9.62 Å². The van der Waals surface area contributed by atoms with Crippen LogP contribution in [-0.2, 0) is 16.4 Å². The van der Waals surface area contributed by atoms with Gasteiger partial charge in [0.25, 0.3) is 0 Å². The maximum Gasteiger partial charge on any atom is 0.407 e. The molecule has 0 aliphatic heterocycles. The van der Waals surface area contributed by atoms with Crippen LogP contribution in [-0.4, -0.2) is 50.4 Å². The smallest absolute Gasteiger partial charge is 0.407 e. The van der Waals surface area contributed by atoms with E-state index in [0.717, 1.165) is 16.7 Å². The lowest BCUT2D eigenvalue weighted by atomic mass is 10.1. The lowest BCUT2D eigenvalue weighted by Crippen LogP contribution is -2.45. The van der Waals surface area contributed by atoms with E-state index in [-0.39, 0.29) is 6.54 Å². The van der Waals surface area contributed by atoms with Crippen LogP contribution < -0.4 is 4.72 Å². The summed E-state index contributed by atoms with van der Waals surface area (Å²) in [6, 6.07) is 8.89. The molecule has 0 aliphatic carbocycles. The molecule has 0 aromatic heterocycles. The van der Waals surface area contributed by atoms with Crippen LogP contribution in [0.1, 0.15) is 5.56 Å². The van der Waals surface area contributed by atoms with Crippen molar-refractivity contribution in [1.29, 1.82) is 0 Å². The third kappa shape index (κ3) is 5.71. The molecular weight excluding hydrogens is 268 g/mol. The molecule has 0 saturated heterocycles. The van der Waals surface area contributed by atoms with E-state index in [9.17, 15) is 13.2 Å². The molecule has 1 aromatic rings. The van der Waals surface area contributed by atoms with Crippen molar-refractivity contribution in [2.45, 2.75) is 12.5 Å². The highest BCUT2D eigenvalue weighted by atomic mass is 32.2. The summed E-state index contributed by atoms with van der Waals surface area (Å²) in [6.07, 6.45) is 0.413. The highest BCUT2D eigenvalue weighted by Crippen LogP contribution is 2.08. The molecule has 6 nitrogen and oxygen atoms in total. The molecule has 1 atom stereocenters. The quantitative estimate of drug-likeness (QED) is 0.808. The van der Waals surface area contributed by atoms with Gasteiger partial charge in [-0.15, -0.1) is 0 Å². The van der Waals surface area contributed by atoms with E-state index < -0.39 is 22.2 Å². The van der Waals surface area contributed by atoms with Gasteiger partial charge in [-0.05, 0) is 12.0 Å². The van der Waals surface area contributed by atoms with Crippen LogP contribution in [0.5, 0.6) is 0 Å². The van der Waals surface area contributed by atoms with E-state index in [2.05, 4.69) is 4.72 Å². The van der Waals surface area contributed by atoms with Gasteiger partial charge in [-0.3, -0.25) is 0 Å². The highest BCUT2D eigenvalue weighted by molar-refractivity contribution is 7.88. The Balaban J connectivity index is 2.78. The van der Waals surface area contributed by atoms with E-state index in [4.69, 9.17) is 5.11 Å². The van der Waals surface area contributed by atoms with E-state index >= 15 is 0 Å². The molecule has 2 N–H and O–H groups in total. The number of nitrogens with one attached hydrogen (secondary N) is 1. The maximum atomic E-state index is 11.1. The largest absolute Gasteiger partial charge is 0.465 e. The van der Waals surface area contributed by atoms with Crippen LogP contribution in [0.3, 0.4) is 0 Å². The Hall–Kier alpha value is -1.60. The first-order valence-electron chi connectivity index (χ1n) is 5.74. The number of hydrogen-bond donors (Lipinski definition) is 2. The molecule has 0 aliphatic rings. The number of sulfonamides is 1. The Bertz CT molecular complexity index is 516. The van der Waals surface area contributed by atoms with Gasteiger partial charge in [0, 0.05) is 13.6 Å². The van der Waals surface area contributed by atoms with Crippen LogP contribution in [0.25, 0.3) is 0 Å². The second-order valence-electron chi connectivity index (χ2n) is 4.36. The Morgan fingerprint density at radius 3 is 2.42 bits per heavy atom.